The van der Waals surface area contributed by atoms with Crippen LogP contribution in [0.1, 0.15) is 16.8 Å². The van der Waals surface area contributed by atoms with Crippen LogP contribution in [0, 0.1) is 0 Å². The zero-order chi connectivity index (χ0) is 24.6. The number of nitrogens with one attached hydrogen (secondary N) is 3. The van der Waals surface area contributed by atoms with Gasteiger partial charge in [0.05, 0.1) is 32.1 Å². The van der Waals surface area contributed by atoms with E-state index in [0.29, 0.717) is 18.9 Å². The van der Waals surface area contributed by atoms with Crippen molar-refractivity contribution >= 4 is 17.8 Å². The van der Waals surface area contributed by atoms with Crippen molar-refractivity contribution < 1.29 is 24.2 Å². The number of H-pyrrole nitrogens is 1. The van der Waals surface area contributed by atoms with E-state index in [1.165, 1.54) is 17.5 Å². The Bertz CT molecular complexity index is 958. The minimum atomic E-state index is -1.16. The molecular formula is C24H29N5O5. The second-order valence-corrected chi connectivity index (χ2v) is 7.24. The number of hydrogen-bond donors (Lipinski definition) is 5. The van der Waals surface area contributed by atoms with Gasteiger partial charge in [0.15, 0.2) is 0 Å². The molecule has 2 aromatic carbocycles. The van der Waals surface area contributed by atoms with E-state index in [-0.39, 0.29) is 13.0 Å². The lowest BCUT2D eigenvalue weighted by atomic mass is 10.1. The van der Waals surface area contributed by atoms with Crippen molar-refractivity contribution in [3.8, 4) is 0 Å². The number of carboxylic acids is 1. The van der Waals surface area contributed by atoms with Crippen LogP contribution in [0.4, 0.5) is 0 Å². The van der Waals surface area contributed by atoms with Gasteiger partial charge in [-0.1, -0.05) is 60.7 Å². The van der Waals surface area contributed by atoms with Crippen LogP contribution in [0.5, 0.6) is 0 Å². The third-order valence-electron chi connectivity index (χ3n) is 4.41. The smallest absolute Gasteiger partial charge is 0.322 e. The number of carbonyl (C=O) groups is 3. The Morgan fingerprint density at radius 2 is 1.53 bits per heavy atom. The quantitative estimate of drug-likeness (QED) is 0.281. The van der Waals surface area contributed by atoms with Crippen molar-refractivity contribution in [2.24, 2.45) is 5.73 Å². The molecule has 34 heavy (non-hydrogen) atoms. The first-order chi connectivity index (χ1) is 16.4. The first kappa shape index (κ1) is 26.2. The Balaban J connectivity index is 0.000000246. The highest BCUT2D eigenvalue weighted by Crippen LogP contribution is 2.05. The van der Waals surface area contributed by atoms with Crippen molar-refractivity contribution in [2.75, 3.05) is 13.1 Å². The Hall–Kier alpha value is -4.02. The van der Waals surface area contributed by atoms with E-state index in [2.05, 4.69) is 44.9 Å². The number of ether oxygens (including phenoxy) is 1. The number of benzene rings is 2. The van der Waals surface area contributed by atoms with Gasteiger partial charge in [-0.3, -0.25) is 14.4 Å². The Morgan fingerprint density at radius 3 is 2.03 bits per heavy atom. The van der Waals surface area contributed by atoms with Crippen molar-refractivity contribution in [2.45, 2.75) is 25.7 Å². The van der Waals surface area contributed by atoms with Crippen LogP contribution >= 0.6 is 0 Å². The zero-order valence-electron chi connectivity index (χ0n) is 18.6. The van der Waals surface area contributed by atoms with Crippen LogP contribution in [0.15, 0.2) is 73.2 Å². The molecule has 10 heteroatoms. The fourth-order valence-corrected chi connectivity index (χ4v) is 2.70. The summed E-state index contributed by atoms with van der Waals surface area (Å²) in [5, 5.41) is 12.8. The highest BCUT2D eigenvalue weighted by atomic mass is 16.5. The van der Waals surface area contributed by atoms with Gasteiger partial charge in [-0.15, -0.1) is 0 Å². The first-order valence-electron chi connectivity index (χ1n) is 10.6. The van der Waals surface area contributed by atoms with Crippen LogP contribution < -0.4 is 16.4 Å². The lowest BCUT2D eigenvalue weighted by Crippen LogP contribution is -2.46. The number of carbonyl (C=O) groups excluding carboxylic acids is 2. The number of aliphatic carboxylic acids is 1. The number of aromatic amines is 1. The number of imidazole rings is 1. The number of carboxylic acid groups (broad SMARTS) is 1. The van der Waals surface area contributed by atoms with Crippen molar-refractivity contribution in [3.05, 3.63) is 90.0 Å². The molecule has 3 aromatic rings. The molecule has 1 unspecified atom stereocenters. The Kier molecular flexibility index (Phi) is 11.5. The summed E-state index contributed by atoms with van der Waals surface area (Å²) in [5.41, 5.74) is 8.77. The van der Waals surface area contributed by atoms with Gasteiger partial charge in [0, 0.05) is 18.3 Å². The van der Waals surface area contributed by atoms with Crippen LogP contribution in [-0.2, 0) is 38.8 Å². The number of amides is 2. The third-order valence-corrected chi connectivity index (χ3v) is 4.41. The van der Waals surface area contributed by atoms with Crippen LogP contribution in [0.2, 0.25) is 0 Å². The number of aromatic nitrogens is 2. The summed E-state index contributed by atoms with van der Waals surface area (Å²) >= 11 is 0. The van der Waals surface area contributed by atoms with E-state index in [4.69, 9.17) is 15.6 Å². The summed E-state index contributed by atoms with van der Waals surface area (Å²) < 4.78 is 5.61. The fraction of sp³-hybridized carbons (Fsp3) is 0.250. The van der Waals surface area contributed by atoms with Gasteiger partial charge >= 0.3 is 5.97 Å². The molecule has 0 radical (unpaired) electrons. The van der Waals surface area contributed by atoms with Gasteiger partial charge in [-0.05, 0) is 11.1 Å². The van der Waals surface area contributed by atoms with Crippen LogP contribution in [0.3, 0.4) is 0 Å². The number of rotatable bonds is 11. The van der Waals surface area contributed by atoms with E-state index in [0.717, 1.165) is 0 Å². The van der Waals surface area contributed by atoms with E-state index >= 15 is 0 Å². The molecular weight excluding hydrogens is 438 g/mol. The number of nitrogens with two attached hydrogens (primary N) is 1. The normalized spacial score (nSPS) is 11.0. The van der Waals surface area contributed by atoms with Gasteiger partial charge in [-0.25, -0.2) is 4.98 Å². The molecule has 0 aliphatic carbocycles. The summed E-state index contributed by atoms with van der Waals surface area (Å²) in [6.45, 7) is 0.545. The molecule has 0 saturated carbocycles. The topological polar surface area (TPSA) is 159 Å². The minimum Gasteiger partial charge on any atom is -0.480 e. The molecule has 1 atom stereocenters. The monoisotopic (exact) mass is 467 g/mol. The molecule has 2 amide bonds. The fourth-order valence-electron chi connectivity index (χ4n) is 2.70. The van der Waals surface area contributed by atoms with E-state index in [1.54, 1.807) is 6.20 Å². The molecule has 0 fully saturated rings. The largest absolute Gasteiger partial charge is 0.480 e. The van der Waals surface area contributed by atoms with Crippen molar-refractivity contribution in [3.63, 3.8) is 0 Å². The highest BCUT2D eigenvalue weighted by Gasteiger charge is 2.15. The molecule has 10 nitrogen and oxygen atoms in total. The molecule has 0 saturated heterocycles. The SMILES string of the molecule is NC(Cc1cnc[nH]1)C(=O)NCC(=O)NCC(=O)O.c1ccc(COCc2ccccc2)cc1. The summed E-state index contributed by atoms with van der Waals surface area (Å²) in [5.74, 6) is -2.25. The van der Waals surface area contributed by atoms with E-state index in [1.807, 2.05) is 36.4 Å². The Labute approximate surface area is 197 Å². The average Bonchev–Trinajstić information content (AvgIpc) is 3.36. The lowest BCUT2D eigenvalue weighted by molar-refractivity contribution is -0.137. The minimum absolute atomic E-state index is 0.266. The number of hydrogen-bond acceptors (Lipinski definition) is 6. The average molecular weight is 468 g/mol. The van der Waals surface area contributed by atoms with Crippen molar-refractivity contribution in [1.29, 1.82) is 0 Å². The molecule has 180 valence electrons. The van der Waals surface area contributed by atoms with Crippen LogP contribution in [-0.4, -0.2) is 52.0 Å². The molecule has 0 aliphatic heterocycles. The van der Waals surface area contributed by atoms with E-state index in [9.17, 15) is 14.4 Å². The maximum Gasteiger partial charge on any atom is 0.322 e. The third kappa shape index (κ3) is 11.0. The molecule has 0 bridgehead atoms. The maximum atomic E-state index is 11.5. The molecule has 1 heterocycles. The summed E-state index contributed by atoms with van der Waals surface area (Å²) in [7, 11) is 0. The van der Waals surface area contributed by atoms with Gasteiger partial charge in [-0.2, -0.15) is 0 Å². The number of nitrogens with zero attached hydrogens (tertiary/aromatic N) is 1. The summed E-state index contributed by atoms with van der Waals surface area (Å²) in [6, 6.07) is 19.6. The zero-order valence-corrected chi connectivity index (χ0v) is 18.6. The van der Waals surface area contributed by atoms with Gasteiger partial charge in [0.1, 0.15) is 6.54 Å². The molecule has 0 aliphatic rings. The second-order valence-electron chi connectivity index (χ2n) is 7.24. The van der Waals surface area contributed by atoms with E-state index < -0.39 is 30.4 Å². The van der Waals surface area contributed by atoms with Gasteiger partial charge in [0.25, 0.3) is 0 Å². The first-order valence-corrected chi connectivity index (χ1v) is 10.6. The molecule has 3 rings (SSSR count). The predicted octanol–water partition coefficient (Wildman–Crippen LogP) is 1.000. The standard InChI is InChI=1S/C14H14O.C10H15N5O4/c1-3-7-13(8-4-1)11-15-12-14-9-5-2-6-10-14;11-7(1-6-2-12-5-15-6)10(19)14-3-8(16)13-4-9(17)18/h1-10H,11-12H2;2,5,7H,1,3-4,11H2,(H,12,15)(H,13,16)(H,14,19)(H,17,18). The summed E-state index contributed by atoms with van der Waals surface area (Å²) in [4.78, 5) is 39.5. The molecule has 6 N–H and O–H groups in total. The predicted molar refractivity (Wildman–Crippen MR) is 125 cm³/mol. The highest BCUT2D eigenvalue weighted by molar-refractivity contribution is 5.88. The molecule has 0 spiro atoms. The van der Waals surface area contributed by atoms with Crippen LogP contribution in [0.25, 0.3) is 0 Å². The summed E-state index contributed by atoms with van der Waals surface area (Å²) in [6.07, 6.45) is 3.29. The van der Waals surface area contributed by atoms with Gasteiger partial charge in [0.2, 0.25) is 11.8 Å². The maximum absolute atomic E-state index is 11.5. The Morgan fingerprint density at radius 1 is 0.941 bits per heavy atom. The van der Waals surface area contributed by atoms with Crippen molar-refractivity contribution in [1.82, 2.24) is 20.6 Å². The second kappa shape index (κ2) is 14.9. The molecule has 1 aromatic heterocycles. The van der Waals surface area contributed by atoms with Gasteiger partial charge < -0.3 is 31.2 Å². The lowest BCUT2D eigenvalue weighted by Gasteiger charge is -2.11.